The van der Waals surface area contributed by atoms with Gasteiger partial charge in [0.05, 0.1) is 25.4 Å². The van der Waals surface area contributed by atoms with E-state index in [0.29, 0.717) is 19.6 Å². The Kier molecular flexibility index (Phi) is 13.0. The van der Waals surface area contributed by atoms with Crippen molar-refractivity contribution in [3.05, 3.63) is 23.8 Å². The van der Waals surface area contributed by atoms with E-state index in [4.69, 9.17) is 23.4 Å². The summed E-state index contributed by atoms with van der Waals surface area (Å²) in [6.07, 6.45) is 11.4. The van der Waals surface area contributed by atoms with Crippen molar-refractivity contribution in [2.45, 2.75) is 117 Å². The van der Waals surface area contributed by atoms with Crippen molar-refractivity contribution in [3.63, 3.8) is 0 Å². The molecule has 0 aromatic carbocycles. The molecule has 0 spiro atoms. The van der Waals surface area contributed by atoms with Gasteiger partial charge >= 0.3 is 5.97 Å². The average Bonchev–Trinajstić information content (AvgIpc) is 3.12. The molecule has 6 atom stereocenters. The Hall–Kier alpha value is -0.993. The van der Waals surface area contributed by atoms with Crippen LogP contribution in [0.2, 0.25) is 18.1 Å². The normalized spacial score (nSPS) is 26.9. The van der Waals surface area contributed by atoms with Gasteiger partial charge in [0.1, 0.15) is 12.9 Å². The summed E-state index contributed by atoms with van der Waals surface area (Å²) in [6, 6.07) is 0. The van der Waals surface area contributed by atoms with Crippen LogP contribution in [-0.2, 0) is 28.2 Å². The Morgan fingerprint density at radius 3 is 2.51 bits per heavy atom. The number of rotatable bonds is 14. The fourth-order valence-electron chi connectivity index (χ4n) is 5.14. The first kappa shape index (κ1) is 32.2. The molecule has 214 valence electrons. The van der Waals surface area contributed by atoms with Crippen molar-refractivity contribution in [1.82, 2.24) is 0 Å². The van der Waals surface area contributed by atoms with Gasteiger partial charge in [-0.2, -0.15) is 0 Å². The number of ether oxygens (including phenoxy) is 4. The third-order valence-corrected chi connectivity index (χ3v) is 12.8. The number of hydrogen-bond donors (Lipinski definition) is 0. The van der Waals surface area contributed by atoms with Gasteiger partial charge in [0.2, 0.25) is 0 Å². The second kappa shape index (κ2) is 15.0. The van der Waals surface area contributed by atoms with Crippen molar-refractivity contribution in [3.8, 4) is 0 Å². The van der Waals surface area contributed by atoms with E-state index in [9.17, 15) is 4.79 Å². The SMILES string of the molecule is COCCOCO[C@H]1CC[C@@H]2[C@H]1[C@@H](OC(=O)C[C@@H](C)CCC=C(C)C)C=CC[C@@H]2O[Si](C)(C)C(C)(C)C. The first-order valence-electron chi connectivity index (χ1n) is 14.2. The van der Waals surface area contributed by atoms with Gasteiger partial charge in [-0.05, 0) is 82.0 Å². The van der Waals surface area contributed by atoms with Gasteiger partial charge < -0.3 is 23.4 Å². The maximum absolute atomic E-state index is 13.0. The van der Waals surface area contributed by atoms with Gasteiger partial charge in [0.25, 0.3) is 0 Å². The molecular weight excluding hydrogens is 484 g/mol. The highest BCUT2D eigenvalue weighted by atomic mass is 28.4. The Morgan fingerprint density at radius 2 is 1.86 bits per heavy atom. The summed E-state index contributed by atoms with van der Waals surface area (Å²) < 4.78 is 30.1. The summed E-state index contributed by atoms with van der Waals surface area (Å²) in [6.45, 7) is 19.1. The van der Waals surface area contributed by atoms with Gasteiger partial charge in [-0.3, -0.25) is 4.79 Å². The lowest BCUT2D eigenvalue weighted by atomic mass is 9.86. The number of carbonyl (C=O) groups excluding carboxylic acids is 1. The summed E-state index contributed by atoms with van der Waals surface area (Å²) in [5.41, 5.74) is 1.32. The van der Waals surface area contributed by atoms with E-state index in [1.165, 1.54) is 5.57 Å². The summed E-state index contributed by atoms with van der Waals surface area (Å²) in [5, 5.41) is 0.135. The van der Waals surface area contributed by atoms with Gasteiger partial charge in [0.15, 0.2) is 8.32 Å². The number of esters is 1. The first-order chi connectivity index (χ1) is 17.4. The van der Waals surface area contributed by atoms with E-state index in [1.807, 2.05) is 0 Å². The second-order valence-corrected chi connectivity index (χ2v) is 17.5. The fraction of sp³-hybridized carbons (Fsp3) is 0.833. The van der Waals surface area contributed by atoms with Gasteiger partial charge in [-0.1, -0.05) is 45.4 Å². The zero-order chi connectivity index (χ0) is 27.6. The molecular formula is C30H54O6Si. The van der Waals surface area contributed by atoms with E-state index in [2.05, 4.69) is 72.9 Å². The smallest absolute Gasteiger partial charge is 0.306 e. The monoisotopic (exact) mass is 538 g/mol. The molecule has 6 nitrogen and oxygen atoms in total. The molecule has 0 aromatic heterocycles. The molecule has 7 heteroatoms. The number of hydrogen-bond acceptors (Lipinski definition) is 6. The maximum Gasteiger partial charge on any atom is 0.306 e. The molecule has 0 saturated heterocycles. The standard InChI is InChI=1S/C30H54O6Si/c1-22(2)12-10-13-23(3)20-28(31)35-27-15-11-14-25(36-37(8,9)30(4,5)6)24-16-17-26(29(24)27)34-21-33-19-18-32-7/h11-12,15,23-27,29H,10,13-14,16-21H2,1-9H3/t23-,24-,25-,26-,27-,29+/m0/s1. The van der Waals surface area contributed by atoms with Crippen LogP contribution in [0.4, 0.5) is 0 Å². The molecule has 2 aliphatic rings. The topological polar surface area (TPSA) is 63.2 Å². The van der Waals surface area contributed by atoms with Crippen LogP contribution in [0.25, 0.3) is 0 Å². The quantitative estimate of drug-likeness (QED) is 0.0776. The van der Waals surface area contributed by atoms with Crippen LogP contribution < -0.4 is 0 Å². The number of methoxy groups -OCH3 is 1. The third kappa shape index (κ3) is 10.2. The van der Waals surface area contributed by atoms with E-state index >= 15 is 0 Å². The Bertz CT molecular complexity index is 752. The number of allylic oxidation sites excluding steroid dienone is 2. The van der Waals surface area contributed by atoms with Crippen molar-refractivity contribution in [2.75, 3.05) is 27.1 Å². The third-order valence-electron chi connectivity index (χ3n) is 8.30. The summed E-state index contributed by atoms with van der Waals surface area (Å²) in [4.78, 5) is 13.0. The van der Waals surface area contributed by atoms with E-state index in [0.717, 1.165) is 32.1 Å². The zero-order valence-corrected chi connectivity index (χ0v) is 26.0. The highest BCUT2D eigenvalue weighted by Crippen LogP contribution is 2.46. The molecule has 0 radical (unpaired) electrons. The predicted octanol–water partition coefficient (Wildman–Crippen LogP) is 7.05. The van der Waals surface area contributed by atoms with Crippen molar-refractivity contribution in [2.24, 2.45) is 17.8 Å². The van der Waals surface area contributed by atoms with E-state index < -0.39 is 8.32 Å². The minimum atomic E-state index is -1.96. The van der Waals surface area contributed by atoms with E-state index in [-0.39, 0.29) is 53.9 Å². The summed E-state index contributed by atoms with van der Waals surface area (Å²) in [7, 11) is -0.299. The minimum absolute atomic E-state index is 0.0336. The highest BCUT2D eigenvalue weighted by Gasteiger charge is 2.49. The molecule has 2 aliphatic carbocycles. The predicted molar refractivity (Wildman–Crippen MR) is 152 cm³/mol. The van der Waals surface area contributed by atoms with Crippen molar-refractivity contribution < 1.29 is 28.2 Å². The van der Waals surface area contributed by atoms with Crippen molar-refractivity contribution in [1.29, 1.82) is 0 Å². The average molecular weight is 539 g/mol. The lowest BCUT2D eigenvalue weighted by Crippen LogP contribution is -2.47. The van der Waals surface area contributed by atoms with Gasteiger partial charge in [-0.15, -0.1) is 0 Å². The molecule has 0 aromatic rings. The molecule has 2 rings (SSSR count). The molecule has 0 heterocycles. The number of fused-ring (bicyclic) bond motifs is 1. The Balaban J connectivity index is 2.12. The van der Waals surface area contributed by atoms with Crippen LogP contribution in [-0.4, -0.2) is 59.7 Å². The lowest BCUT2D eigenvalue weighted by molar-refractivity contribution is -0.158. The Labute approximate surface area is 227 Å². The molecule has 0 amide bonds. The minimum Gasteiger partial charge on any atom is -0.458 e. The van der Waals surface area contributed by atoms with Crippen LogP contribution in [0.15, 0.2) is 23.8 Å². The zero-order valence-electron chi connectivity index (χ0n) is 25.0. The van der Waals surface area contributed by atoms with Crippen LogP contribution in [0.1, 0.15) is 80.1 Å². The van der Waals surface area contributed by atoms with Crippen LogP contribution >= 0.6 is 0 Å². The summed E-state index contributed by atoms with van der Waals surface area (Å²) in [5.74, 6) is 0.502. The fourth-order valence-corrected chi connectivity index (χ4v) is 6.52. The van der Waals surface area contributed by atoms with Gasteiger partial charge in [0, 0.05) is 19.4 Å². The maximum atomic E-state index is 13.0. The Morgan fingerprint density at radius 1 is 1.14 bits per heavy atom. The van der Waals surface area contributed by atoms with Crippen LogP contribution in [0.5, 0.6) is 0 Å². The molecule has 0 aliphatic heterocycles. The second-order valence-electron chi connectivity index (χ2n) is 12.7. The van der Waals surface area contributed by atoms with Gasteiger partial charge in [-0.25, -0.2) is 0 Å². The summed E-state index contributed by atoms with van der Waals surface area (Å²) >= 11 is 0. The lowest BCUT2D eigenvalue weighted by Gasteiger charge is -2.42. The van der Waals surface area contributed by atoms with Crippen LogP contribution in [0.3, 0.4) is 0 Å². The van der Waals surface area contributed by atoms with Crippen LogP contribution in [0, 0.1) is 17.8 Å². The molecule has 1 saturated carbocycles. The molecule has 0 N–H and O–H groups in total. The molecule has 37 heavy (non-hydrogen) atoms. The molecule has 0 unspecified atom stereocenters. The molecule has 1 fully saturated rings. The highest BCUT2D eigenvalue weighted by molar-refractivity contribution is 6.74. The largest absolute Gasteiger partial charge is 0.458 e. The molecule has 0 bridgehead atoms. The number of carbonyl (C=O) groups is 1. The van der Waals surface area contributed by atoms with E-state index in [1.54, 1.807) is 7.11 Å². The first-order valence-corrected chi connectivity index (χ1v) is 17.1. The van der Waals surface area contributed by atoms with Crippen molar-refractivity contribution >= 4 is 14.3 Å².